The van der Waals surface area contributed by atoms with Gasteiger partial charge in [0, 0.05) is 25.2 Å². The van der Waals surface area contributed by atoms with Crippen LogP contribution >= 0.6 is 0 Å². The summed E-state index contributed by atoms with van der Waals surface area (Å²) in [6.07, 6.45) is 4.72. The van der Waals surface area contributed by atoms with Gasteiger partial charge in [0.25, 0.3) is 0 Å². The lowest BCUT2D eigenvalue weighted by Crippen LogP contribution is -2.49. The summed E-state index contributed by atoms with van der Waals surface area (Å²) in [5, 5.41) is 0. The first kappa shape index (κ1) is 13.7. The summed E-state index contributed by atoms with van der Waals surface area (Å²) in [6.45, 7) is 10.9. The van der Waals surface area contributed by atoms with Crippen molar-refractivity contribution in [1.29, 1.82) is 0 Å². The van der Waals surface area contributed by atoms with Crippen LogP contribution in [0.4, 0.5) is 4.79 Å². The van der Waals surface area contributed by atoms with Gasteiger partial charge in [-0.1, -0.05) is 27.7 Å². The predicted molar refractivity (Wildman–Crippen MR) is 74.5 cm³/mol. The quantitative estimate of drug-likeness (QED) is 0.739. The van der Waals surface area contributed by atoms with Gasteiger partial charge < -0.3 is 9.80 Å². The zero-order chi connectivity index (χ0) is 13.3. The van der Waals surface area contributed by atoms with Crippen LogP contribution in [0.2, 0.25) is 0 Å². The first-order valence-corrected chi connectivity index (χ1v) is 7.59. The highest BCUT2D eigenvalue weighted by molar-refractivity contribution is 5.76. The molecule has 0 unspecified atom stereocenters. The molecule has 0 N–H and O–H groups in total. The van der Waals surface area contributed by atoms with Crippen molar-refractivity contribution in [2.24, 2.45) is 11.8 Å². The molecule has 2 atom stereocenters. The molecule has 0 aromatic heterocycles. The molecule has 3 nitrogen and oxygen atoms in total. The van der Waals surface area contributed by atoms with E-state index in [4.69, 9.17) is 0 Å². The molecule has 3 heteroatoms. The molecule has 0 aromatic carbocycles. The third-order valence-corrected chi connectivity index (χ3v) is 4.63. The lowest BCUT2D eigenvalue weighted by atomic mass is 10.0. The molecule has 104 valence electrons. The van der Waals surface area contributed by atoms with Crippen molar-refractivity contribution in [2.45, 2.75) is 65.5 Å². The van der Waals surface area contributed by atoms with Crippen LogP contribution in [0.5, 0.6) is 0 Å². The van der Waals surface area contributed by atoms with Crippen molar-refractivity contribution in [2.75, 3.05) is 13.1 Å². The minimum atomic E-state index is 0.308. The van der Waals surface area contributed by atoms with Crippen LogP contribution < -0.4 is 0 Å². The van der Waals surface area contributed by atoms with Gasteiger partial charge >= 0.3 is 6.03 Å². The minimum Gasteiger partial charge on any atom is -0.321 e. The van der Waals surface area contributed by atoms with E-state index in [0.29, 0.717) is 30.0 Å². The summed E-state index contributed by atoms with van der Waals surface area (Å²) in [5.74, 6) is 1.16. The Morgan fingerprint density at radius 3 is 1.61 bits per heavy atom. The molecule has 2 amide bonds. The van der Waals surface area contributed by atoms with E-state index in [1.165, 1.54) is 25.7 Å². The SMILES string of the molecule is CC(C)[C@H]1CCCN1C(=O)N1CCC[C@@H]1C(C)C. The van der Waals surface area contributed by atoms with Crippen LogP contribution in [-0.4, -0.2) is 41.0 Å². The average Bonchev–Trinajstić information content (AvgIpc) is 2.97. The Bertz CT molecular complexity index is 273. The van der Waals surface area contributed by atoms with Gasteiger partial charge in [0.05, 0.1) is 0 Å². The maximum Gasteiger partial charge on any atom is 0.320 e. The summed E-state index contributed by atoms with van der Waals surface area (Å²) < 4.78 is 0. The lowest BCUT2D eigenvalue weighted by Gasteiger charge is -2.35. The van der Waals surface area contributed by atoms with Crippen molar-refractivity contribution in [1.82, 2.24) is 9.80 Å². The van der Waals surface area contributed by atoms with E-state index in [9.17, 15) is 4.79 Å². The van der Waals surface area contributed by atoms with Gasteiger partial charge in [0.1, 0.15) is 0 Å². The van der Waals surface area contributed by atoms with E-state index in [1.54, 1.807) is 0 Å². The minimum absolute atomic E-state index is 0.308. The maximum atomic E-state index is 12.7. The summed E-state index contributed by atoms with van der Waals surface area (Å²) >= 11 is 0. The molecular weight excluding hydrogens is 224 g/mol. The Kier molecular flexibility index (Phi) is 4.18. The first-order chi connectivity index (χ1) is 8.52. The van der Waals surface area contributed by atoms with Crippen LogP contribution in [0, 0.1) is 11.8 Å². The second kappa shape index (κ2) is 5.50. The third kappa shape index (κ3) is 2.50. The van der Waals surface area contributed by atoms with Gasteiger partial charge in [0.15, 0.2) is 0 Å². The van der Waals surface area contributed by atoms with Gasteiger partial charge in [-0.05, 0) is 37.5 Å². The highest BCUT2D eigenvalue weighted by atomic mass is 16.2. The maximum absolute atomic E-state index is 12.7. The topological polar surface area (TPSA) is 23.6 Å². The number of likely N-dealkylation sites (tertiary alicyclic amines) is 2. The van der Waals surface area contributed by atoms with Crippen LogP contribution in [0.1, 0.15) is 53.4 Å². The third-order valence-electron chi connectivity index (χ3n) is 4.63. The second-order valence-corrected chi connectivity index (χ2v) is 6.58. The fourth-order valence-electron chi connectivity index (χ4n) is 3.61. The van der Waals surface area contributed by atoms with Crippen molar-refractivity contribution in [3.63, 3.8) is 0 Å². The molecule has 2 saturated heterocycles. The van der Waals surface area contributed by atoms with Crippen LogP contribution in [0.15, 0.2) is 0 Å². The predicted octanol–water partition coefficient (Wildman–Crippen LogP) is 3.35. The number of urea groups is 1. The normalized spacial score (nSPS) is 28.8. The van der Waals surface area contributed by atoms with E-state index in [2.05, 4.69) is 37.5 Å². The summed E-state index contributed by atoms with van der Waals surface area (Å²) in [6, 6.07) is 1.24. The largest absolute Gasteiger partial charge is 0.321 e. The molecule has 2 aliphatic heterocycles. The summed E-state index contributed by atoms with van der Waals surface area (Å²) in [7, 11) is 0. The molecule has 2 rings (SSSR count). The molecule has 2 heterocycles. The van der Waals surface area contributed by atoms with E-state index in [-0.39, 0.29) is 0 Å². The van der Waals surface area contributed by atoms with E-state index in [0.717, 1.165) is 13.1 Å². The smallest absolute Gasteiger partial charge is 0.320 e. The molecule has 0 radical (unpaired) electrons. The summed E-state index contributed by atoms with van der Waals surface area (Å²) in [5.41, 5.74) is 0. The van der Waals surface area contributed by atoms with E-state index >= 15 is 0 Å². The molecule has 18 heavy (non-hydrogen) atoms. The van der Waals surface area contributed by atoms with Crippen LogP contribution in [-0.2, 0) is 0 Å². The highest BCUT2D eigenvalue weighted by Gasteiger charge is 2.38. The van der Waals surface area contributed by atoms with Gasteiger partial charge in [-0.25, -0.2) is 4.79 Å². The number of hydrogen-bond donors (Lipinski definition) is 0. The number of carbonyl (C=O) groups is 1. The number of amides is 2. The fraction of sp³-hybridized carbons (Fsp3) is 0.933. The zero-order valence-electron chi connectivity index (χ0n) is 12.4. The average molecular weight is 252 g/mol. The number of carbonyl (C=O) groups excluding carboxylic acids is 1. The van der Waals surface area contributed by atoms with Gasteiger partial charge in [-0.2, -0.15) is 0 Å². The second-order valence-electron chi connectivity index (χ2n) is 6.58. The lowest BCUT2D eigenvalue weighted by molar-refractivity contribution is 0.124. The Labute approximate surface area is 112 Å². The Balaban J connectivity index is 2.06. The van der Waals surface area contributed by atoms with Gasteiger partial charge in [-0.3, -0.25) is 0 Å². The Morgan fingerprint density at radius 2 is 1.28 bits per heavy atom. The van der Waals surface area contributed by atoms with Gasteiger partial charge in [0.2, 0.25) is 0 Å². The number of rotatable bonds is 2. The molecule has 0 bridgehead atoms. The Hall–Kier alpha value is -0.730. The van der Waals surface area contributed by atoms with E-state index < -0.39 is 0 Å². The molecule has 2 aliphatic rings. The molecule has 2 fully saturated rings. The van der Waals surface area contributed by atoms with E-state index in [1.807, 2.05) is 0 Å². The molecule has 0 saturated carbocycles. The van der Waals surface area contributed by atoms with Crippen molar-refractivity contribution in [3.05, 3.63) is 0 Å². The molecule has 0 aromatic rings. The number of hydrogen-bond acceptors (Lipinski definition) is 1. The Morgan fingerprint density at radius 1 is 0.889 bits per heavy atom. The molecule has 0 aliphatic carbocycles. The molecule has 0 spiro atoms. The van der Waals surface area contributed by atoms with Crippen molar-refractivity contribution in [3.8, 4) is 0 Å². The number of nitrogens with zero attached hydrogens (tertiary/aromatic N) is 2. The zero-order valence-corrected chi connectivity index (χ0v) is 12.4. The monoisotopic (exact) mass is 252 g/mol. The van der Waals surface area contributed by atoms with Crippen LogP contribution in [0.3, 0.4) is 0 Å². The summed E-state index contributed by atoms with van der Waals surface area (Å²) in [4.78, 5) is 17.0. The highest BCUT2D eigenvalue weighted by Crippen LogP contribution is 2.29. The molecular formula is C15H28N2O. The van der Waals surface area contributed by atoms with Crippen molar-refractivity contribution < 1.29 is 4.79 Å². The fourth-order valence-corrected chi connectivity index (χ4v) is 3.61. The standard InChI is InChI=1S/C15H28N2O/c1-11(2)13-7-5-9-16(13)15(18)17-10-6-8-14(17)12(3)4/h11-14H,5-10H2,1-4H3/t13-,14-/m1/s1. The van der Waals surface area contributed by atoms with Gasteiger partial charge in [-0.15, -0.1) is 0 Å². The van der Waals surface area contributed by atoms with Crippen LogP contribution in [0.25, 0.3) is 0 Å². The van der Waals surface area contributed by atoms with Crippen molar-refractivity contribution >= 4 is 6.03 Å². The first-order valence-electron chi connectivity index (χ1n) is 7.59.